The number of hydrogen-bond acceptors (Lipinski definition) is 3. The van der Waals surface area contributed by atoms with E-state index in [-0.39, 0.29) is 12.5 Å². The van der Waals surface area contributed by atoms with Gasteiger partial charge < -0.3 is 14.4 Å². The van der Waals surface area contributed by atoms with Crippen molar-refractivity contribution in [3.8, 4) is 11.5 Å². The third-order valence-corrected chi connectivity index (χ3v) is 4.62. The highest BCUT2D eigenvalue weighted by Crippen LogP contribution is 2.29. The number of likely N-dealkylation sites (tertiary alicyclic amines) is 1. The Hall–Kier alpha value is -2.49. The first-order chi connectivity index (χ1) is 12.3. The van der Waals surface area contributed by atoms with Crippen LogP contribution in [0.2, 0.25) is 0 Å². The summed E-state index contributed by atoms with van der Waals surface area (Å²) >= 11 is 0. The number of nitrogens with zero attached hydrogens (tertiary/aromatic N) is 1. The van der Waals surface area contributed by atoms with Gasteiger partial charge in [-0.2, -0.15) is 0 Å². The molecule has 2 aromatic rings. The van der Waals surface area contributed by atoms with Gasteiger partial charge in [-0.1, -0.05) is 42.5 Å². The van der Waals surface area contributed by atoms with E-state index in [0.717, 1.165) is 25.9 Å². The van der Waals surface area contributed by atoms with Crippen LogP contribution in [0.1, 0.15) is 31.2 Å². The maximum absolute atomic E-state index is 12.4. The Kier molecular flexibility index (Phi) is 5.94. The maximum atomic E-state index is 12.4. The summed E-state index contributed by atoms with van der Waals surface area (Å²) < 4.78 is 11.2. The van der Waals surface area contributed by atoms with Gasteiger partial charge in [0.25, 0.3) is 5.91 Å². The predicted molar refractivity (Wildman–Crippen MR) is 98.1 cm³/mol. The summed E-state index contributed by atoms with van der Waals surface area (Å²) in [5.41, 5.74) is 1.37. The molecule has 0 N–H and O–H groups in total. The van der Waals surface area contributed by atoms with Gasteiger partial charge in [0.1, 0.15) is 0 Å². The van der Waals surface area contributed by atoms with Crippen molar-refractivity contribution >= 4 is 5.91 Å². The van der Waals surface area contributed by atoms with Crippen LogP contribution in [-0.2, 0) is 4.79 Å². The summed E-state index contributed by atoms with van der Waals surface area (Å²) in [7, 11) is 0. The van der Waals surface area contributed by atoms with Crippen LogP contribution in [0.5, 0.6) is 11.5 Å². The van der Waals surface area contributed by atoms with Crippen LogP contribution in [0.3, 0.4) is 0 Å². The smallest absolute Gasteiger partial charge is 0.260 e. The minimum atomic E-state index is 0.0396. The molecular formula is C21H25NO3. The van der Waals surface area contributed by atoms with Crippen molar-refractivity contribution in [3.05, 3.63) is 60.2 Å². The minimum absolute atomic E-state index is 0.0396. The number of carbonyl (C=O) groups excluding carboxylic acids is 1. The molecule has 1 aliphatic rings. The highest BCUT2D eigenvalue weighted by atomic mass is 16.5. The van der Waals surface area contributed by atoms with Crippen molar-refractivity contribution in [2.24, 2.45) is 0 Å². The van der Waals surface area contributed by atoms with E-state index < -0.39 is 0 Å². The number of hydrogen-bond donors (Lipinski definition) is 0. The average molecular weight is 339 g/mol. The Morgan fingerprint density at radius 3 is 2.20 bits per heavy atom. The Labute approximate surface area is 149 Å². The Morgan fingerprint density at radius 2 is 1.56 bits per heavy atom. The number of amides is 1. The Bertz CT molecular complexity index is 679. The summed E-state index contributed by atoms with van der Waals surface area (Å²) in [5.74, 6) is 1.89. The van der Waals surface area contributed by atoms with E-state index in [4.69, 9.17) is 9.47 Å². The first kappa shape index (κ1) is 17.3. The van der Waals surface area contributed by atoms with Gasteiger partial charge in [0.15, 0.2) is 18.1 Å². The normalized spacial score (nSPS) is 15.0. The molecule has 0 saturated carbocycles. The topological polar surface area (TPSA) is 38.8 Å². The highest BCUT2D eigenvalue weighted by molar-refractivity contribution is 5.78. The van der Waals surface area contributed by atoms with Gasteiger partial charge in [-0.05, 0) is 43.4 Å². The van der Waals surface area contributed by atoms with Crippen molar-refractivity contribution in [2.75, 3.05) is 26.3 Å². The SMILES string of the molecule is CCOc1ccccc1OCC(=O)N1CCC(c2ccccc2)CC1. The van der Waals surface area contributed by atoms with Gasteiger partial charge in [-0.3, -0.25) is 4.79 Å². The lowest BCUT2D eigenvalue weighted by Gasteiger charge is -2.32. The molecule has 1 amide bonds. The van der Waals surface area contributed by atoms with Crippen LogP contribution in [0.4, 0.5) is 0 Å². The number of ether oxygens (including phenoxy) is 2. The molecule has 1 saturated heterocycles. The summed E-state index contributed by atoms with van der Waals surface area (Å²) in [6.45, 7) is 4.13. The molecule has 0 unspecified atom stereocenters. The molecule has 0 spiro atoms. The average Bonchev–Trinajstić information content (AvgIpc) is 2.68. The molecule has 0 atom stereocenters. The van der Waals surface area contributed by atoms with E-state index in [1.807, 2.05) is 42.2 Å². The monoisotopic (exact) mass is 339 g/mol. The zero-order valence-corrected chi connectivity index (χ0v) is 14.7. The molecule has 1 aliphatic heterocycles. The van der Waals surface area contributed by atoms with Gasteiger partial charge in [0.2, 0.25) is 0 Å². The number of benzene rings is 2. The molecule has 1 fully saturated rings. The lowest BCUT2D eigenvalue weighted by atomic mass is 9.89. The summed E-state index contributed by atoms with van der Waals surface area (Å²) in [6, 6.07) is 18.0. The van der Waals surface area contributed by atoms with Crippen LogP contribution in [0.15, 0.2) is 54.6 Å². The first-order valence-corrected chi connectivity index (χ1v) is 8.95. The standard InChI is InChI=1S/C21H25NO3/c1-2-24-19-10-6-7-11-20(19)25-16-21(23)22-14-12-18(13-15-22)17-8-4-3-5-9-17/h3-11,18H,2,12-16H2,1H3. The molecule has 4 nitrogen and oxygen atoms in total. The van der Waals surface area contributed by atoms with Gasteiger partial charge >= 0.3 is 0 Å². The minimum Gasteiger partial charge on any atom is -0.490 e. The number of carbonyl (C=O) groups is 1. The maximum Gasteiger partial charge on any atom is 0.260 e. The van der Waals surface area contributed by atoms with Crippen molar-refractivity contribution in [1.29, 1.82) is 0 Å². The van der Waals surface area contributed by atoms with Gasteiger partial charge in [-0.25, -0.2) is 0 Å². The summed E-state index contributed by atoms with van der Waals surface area (Å²) in [4.78, 5) is 14.3. The fraction of sp³-hybridized carbons (Fsp3) is 0.381. The van der Waals surface area contributed by atoms with Crippen LogP contribution >= 0.6 is 0 Å². The van der Waals surface area contributed by atoms with E-state index in [0.29, 0.717) is 24.0 Å². The third kappa shape index (κ3) is 4.53. The van der Waals surface area contributed by atoms with E-state index >= 15 is 0 Å². The molecular weight excluding hydrogens is 314 g/mol. The quantitative estimate of drug-likeness (QED) is 0.802. The molecule has 3 rings (SSSR count). The fourth-order valence-corrected chi connectivity index (χ4v) is 3.26. The van der Waals surface area contributed by atoms with Crippen LogP contribution < -0.4 is 9.47 Å². The van der Waals surface area contributed by atoms with Crippen LogP contribution in [0, 0.1) is 0 Å². The lowest BCUT2D eigenvalue weighted by molar-refractivity contribution is -0.134. The van der Waals surface area contributed by atoms with Crippen molar-refractivity contribution < 1.29 is 14.3 Å². The fourth-order valence-electron chi connectivity index (χ4n) is 3.26. The van der Waals surface area contributed by atoms with Crippen molar-refractivity contribution in [3.63, 3.8) is 0 Å². The number of piperidine rings is 1. The second-order valence-corrected chi connectivity index (χ2v) is 6.23. The number of para-hydroxylation sites is 2. The molecule has 0 aromatic heterocycles. The van der Waals surface area contributed by atoms with Gasteiger partial charge in [0, 0.05) is 13.1 Å². The number of rotatable bonds is 6. The molecule has 0 radical (unpaired) electrons. The van der Waals surface area contributed by atoms with E-state index in [9.17, 15) is 4.79 Å². The van der Waals surface area contributed by atoms with Crippen LogP contribution in [0.25, 0.3) is 0 Å². The zero-order valence-electron chi connectivity index (χ0n) is 14.7. The molecule has 0 bridgehead atoms. The molecule has 0 aliphatic carbocycles. The van der Waals surface area contributed by atoms with Crippen LogP contribution in [-0.4, -0.2) is 37.1 Å². The molecule has 1 heterocycles. The highest BCUT2D eigenvalue weighted by Gasteiger charge is 2.24. The third-order valence-electron chi connectivity index (χ3n) is 4.62. The van der Waals surface area contributed by atoms with Crippen molar-refractivity contribution in [2.45, 2.75) is 25.7 Å². The van der Waals surface area contributed by atoms with E-state index in [2.05, 4.69) is 24.3 Å². The Morgan fingerprint density at radius 1 is 0.960 bits per heavy atom. The second-order valence-electron chi connectivity index (χ2n) is 6.23. The summed E-state index contributed by atoms with van der Waals surface area (Å²) in [6.07, 6.45) is 2.01. The molecule has 4 heteroatoms. The van der Waals surface area contributed by atoms with E-state index in [1.165, 1.54) is 5.56 Å². The molecule has 2 aromatic carbocycles. The van der Waals surface area contributed by atoms with Gasteiger partial charge in [0.05, 0.1) is 6.61 Å². The zero-order chi connectivity index (χ0) is 17.5. The summed E-state index contributed by atoms with van der Waals surface area (Å²) in [5, 5.41) is 0. The molecule has 25 heavy (non-hydrogen) atoms. The largest absolute Gasteiger partial charge is 0.490 e. The van der Waals surface area contributed by atoms with Gasteiger partial charge in [-0.15, -0.1) is 0 Å². The van der Waals surface area contributed by atoms with E-state index in [1.54, 1.807) is 0 Å². The second kappa shape index (κ2) is 8.56. The first-order valence-electron chi connectivity index (χ1n) is 8.95. The van der Waals surface area contributed by atoms with Crippen molar-refractivity contribution in [1.82, 2.24) is 4.90 Å². The lowest BCUT2D eigenvalue weighted by Crippen LogP contribution is -2.40. The predicted octanol–water partition coefficient (Wildman–Crippen LogP) is 3.87. The Balaban J connectivity index is 1.50. The molecule has 132 valence electrons.